The number of imide groups is 1. The van der Waals surface area contributed by atoms with E-state index in [1.165, 1.54) is 24.3 Å². The quantitative estimate of drug-likeness (QED) is 0.709. The van der Waals surface area contributed by atoms with Gasteiger partial charge in [0.25, 0.3) is 11.8 Å². The molecule has 2 heterocycles. The van der Waals surface area contributed by atoms with Crippen molar-refractivity contribution in [2.75, 3.05) is 23.9 Å². The van der Waals surface area contributed by atoms with Crippen LogP contribution < -0.4 is 15.0 Å². The molecule has 30 heavy (non-hydrogen) atoms. The van der Waals surface area contributed by atoms with E-state index in [1.807, 2.05) is 0 Å². The van der Waals surface area contributed by atoms with E-state index in [-0.39, 0.29) is 6.54 Å². The minimum absolute atomic E-state index is 0.267. The molecule has 2 aromatic carbocycles. The van der Waals surface area contributed by atoms with Crippen molar-refractivity contribution in [1.82, 2.24) is 5.01 Å². The molecule has 1 fully saturated rings. The number of halogens is 2. The summed E-state index contributed by atoms with van der Waals surface area (Å²) in [5, 5.41) is 12.3. The van der Waals surface area contributed by atoms with E-state index in [1.54, 1.807) is 30.3 Å². The number of rotatable bonds is 5. The third kappa shape index (κ3) is 3.57. The standard InChI is InChI=1S/C19H15Cl2N5O4/c1-30-14-6-5-11(8-13(14)21)22-15(27)9-25-17-16(23-24-25)18(28)26(19(17)29)12-4-2-3-10(20)7-12/h2-8,16-17H,9H2,1H3,(H,22,27)/t16-,17+/m1/s1. The summed E-state index contributed by atoms with van der Waals surface area (Å²) >= 11 is 12.0. The molecule has 0 unspecified atom stereocenters. The number of hydrogen-bond donors (Lipinski definition) is 1. The normalized spacial score (nSPS) is 20.0. The molecule has 0 bridgehead atoms. The van der Waals surface area contributed by atoms with E-state index in [4.69, 9.17) is 27.9 Å². The van der Waals surface area contributed by atoms with E-state index >= 15 is 0 Å². The first-order valence-electron chi connectivity index (χ1n) is 8.83. The van der Waals surface area contributed by atoms with Gasteiger partial charge in [-0.25, -0.2) is 4.90 Å². The number of methoxy groups -OCH3 is 1. The van der Waals surface area contributed by atoms with E-state index in [0.717, 1.165) is 4.90 Å². The molecule has 1 N–H and O–H groups in total. The molecule has 0 aliphatic carbocycles. The van der Waals surface area contributed by atoms with Crippen molar-refractivity contribution in [1.29, 1.82) is 0 Å². The number of benzene rings is 2. The molecule has 9 nitrogen and oxygen atoms in total. The molecule has 0 radical (unpaired) electrons. The Kier molecular flexibility index (Phi) is 5.31. The number of nitrogens with one attached hydrogen (secondary N) is 1. The van der Waals surface area contributed by atoms with Crippen LogP contribution >= 0.6 is 23.2 Å². The van der Waals surface area contributed by atoms with Crippen molar-refractivity contribution in [2.24, 2.45) is 10.3 Å². The van der Waals surface area contributed by atoms with Crippen molar-refractivity contribution in [2.45, 2.75) is 12.1 Å². The van der Waals surface area contributed by atoms with Crippen molar-refractivity contribution in [3.63, 3.8) is 0 Å². The lowest BCUT2D eigenvalue weighted by molar-refractivity contribution is -0.123. The smallest absolute Gasteiger partial charge is 0.263 e. The highest BCUT2D eigenvalue weighted by Crippen LogP contribution is 2.33. The predicted molar refractivity (Wildman–Crippen MR) is 110 cm³/mol. The minimum Gasteiger partial charge on any atom is -0.495 e. The highest BCUT2D eigenvalue weighted by molar-refractivity contribution is 6.32. The van der Waals surface area contributed by atoms with Crippen LogP contribution in [0.3, 0.4) is 0 Å². The van der Waals surface area contributed by atoms with Crippen LogP contribution in [-0.2, 0) is 14.4 Å². The molecule has 4 rings (SSSR count). The molecule has 0 spiro atoms. The molecular weight excluding hydrogens is 433 g/mol. The Morgan fingerprint density at radius 2 is 1.97 bits per heavy atom. The van der Waals surface area contributed by atoms with Crippen LogP contribution in [0.25, 0.3) is 0 Å². The number of anilines is 2. The first-order valence-corrected chi connectivity index (χ1v) is 9.59. The minimum atomic E-state index is -1.00. The monoisotopic (exact) mass is 447 g/mol. The van der Waals surface area contributed by atoms with Gasteiger partial charge in [0.15, 0.2) is 12.1 Å². The first-order chi connectivity index (χ1) is 14.4. The highest BCUT2D eigenvalue weighted by Gasteiger charge is 2.55. The Morgan fingerprint density at radius 3 is 2.67 bits per heavy atom. The SMILES string of the molecule is COc1ccc(NC(=O)CN2N=N[C@H]3C(=O)N(c4cccc(Cl)c4)C(=O)[C@H]32)cc1Cl. The van der Waals surface area contributed by atoms with Crippen LogP contribution in [0.2, 0.25) is 10.0 Å². The lowest BCUT2D eigenvalue weighted by Gasteiger charge is -2.20. The molecule has 3 amide bonds. The van der Waals surface area contributed by atoms with Gasteiger partial charge in [-0.15, -0.1) is 0 Å². The second-order valence-electron chi connectivity index (χ2n) is 6.58. The topological polar surface area (TPSA) is 104 Å². The average Bonchev–Trinajstić information content (AvgIpc) is 3.21. The van der Waals surface area contributed by atoms with Gasteiger partial charge in [-0.2, -0.15) is 5.11 Å². The van der Waals surface area contributed by atoms with Gasteiger partial charge in [0, 0.05) is 10.7 Å². The third-order valence-corrected chi connectivity index (χ3v) is 5.20. The molecule has 11 heteroatoms. The second kappa shape index (κ2) is 7.92. The number of nitrogens with zero attached hydrogens (tertiary/aromatic N) is 4. The Morgan fingerprint density at radius 1 is 1.17 bits per heavy atom. The summed E-state index contributed by atoms with van der Waals surface area (Å²) < 4.78 is 5.07. The van der Waals surface area contributed by atoms with Crippen LogP contribution in [0, 0.1) is 0 Å². The Hall–Kier alpha value is -3.17. The highest BCUT2D eigenvalue weighted by atomic mass is 35.5. The van der Waals surface area contributed by atoms with Crippen LogP contribution in [-0.4, -0.2) is 48.5 Å². The summed E-state index contributed by atoms with van der Waals surface area (Å²) in [6, 6.07) is 9.19. The third-order valence-electron chi connectivity index (χ3n) is 4.67. The zero-order chi connectivity index (χ0) is 21.4. The van der Waals surface area contributed by atoms with Gasteiger partial charge >= 0.3 is 0 Å². The van der Waals surface area contributed by atoms with Crippen molar-refractivity contribution < 1.29 is 19.1 Å². The maximum absolute atomic E-state index is 12.9. The first kappa shape index (κ1) is 20.1. The molecule has 154 valence electrons. The largest absolute Gasteiger partial charge is 0.495 e. The predicted octanol–water partition coefficient (Wildman–Crippen LogP) is 2.93. The summed E-state index contributed by atoms with van der Waals surface area (Å²) in [7, 11) is 1.49. The van der Waals surface area contributed by atoms with Crippen LogP contribution in [0.15, 0.2) is 52.8 Å². The average molecular weight is 448 g/mol. The Labute approximate surface area is 181 Å². The number of fused-ring (bicyclic) bond motifs is 1. The van der Waals surface area contributed by atoms with Crippen LogP contribution in [0.5, 0.6) is 5.75 Å². The summed E-state index contributed by atoms with van der Waals surface area (Å²) in [5.41, 5.74) is 0.798. The van der Waals surface area contributed by atoms with E-state index in [2.05, 4.69) is 15.7 Å². The van der Waals surface area contributed by atoms with E-state index in [0.29, 0.717) is 27.2 Å². The lowest BCUT2D eigenvalue weighted by atomic mass is 10.1. The number of carbonyl (C=O) groups is 3. The lowest BCUT2D eigenvalue weighted by Crippen LogP contribution is -2.43. The maximum Gasteiger partial charge on any atom is 0.263 e. The summed E-state index contributed by atoms with van der Waals surface area (Å²) in [6.07, 6.45) is 0. The van der Waals surface area contributed by atoms with Gasteiger partial charge in [0.1, 0.15) is 12.3 Å². The van der Waals surface area contributed by atoms with Crippen molar-refractivity contribution >= 4 is 52.3 Å². The summed E-state index contributed by atoms with van der Waals surface area (Å²) in [5.74, 6) is -1.00. The van der Waals surface area contributed by atoms with Gasteiger partial charge < -0.3 is 10.1 Å². The fourth-order valence-corrected chi connectivity index (χ4v) is 3.76. The summed E-state index contributed by atoms with van der Waals surface area (Å²) in [4.78, 5) is 39.1. The Balaban J connectivity index is 1.47. The van der Waals surface area contributed by atoms with Gasteiger partial charge in [-0.05, 0) is 36.4 Å². The van der Waals surface area contributed by atoms with E-state index in [9.17, 15) is 14.4 Å². The van der Waals surface area contributed by atoms with Crippen molar-refractivity contribution in [3.05, 3.63) is 52.5 Å². The molecule has 0 aromatic heterocycles. The summed E-state index contributed by atoms with van der Waals surface area (Å²) in [6.45, 7) is -0.267. The fourth-order valence-electron chi connectivity index (χ4n) is 3.32. The second-order valence-corrected chi connectivity index (χ2v) is 7.43. The molecule has 1 saturated heterocycles. The molecule has 0 saturated carbocycles. The molecule has 2 aromatic rings. The number of amides is 3. The maximum atomic E-state index is 12.9. The van der Waals surface area contributed by atoms with Gasteiger partial charge in [0.05, 0.1) is 17.8 Å². The zero-order valence-electron chi connectivity index (χ0n) is 15.6. The van der Waals surface area contributed by atoms with Gasteiger partial charge in [-0.1, -0.05) is 34.5 Å². The number of hydrogen-bond acceptors (Lipinski definition) is 7. The van der Waals surface area contributed by atoms with Gasteiger partial charge in [0.2, 0.25) is 5.91 Å². The molecule has 2 aliphatic rings. The fraction of sp³-hybridized carbons (Fsp3) is 0.211. The molecule has 2 aliphatic heterocycles. The number of ether oxygens (including phenoxy) is 1. The van der Waals surface area contributed by atoms with Crippen molar-refractivity contribution in [3.8, 4) is 5.75 Å². The van der Waals surface area contributed by atoms with Crippen LogP contribution in [0.4, 0.5) is 11.4 Å². The number of carbonyl (C=O) groups excluding carboxylic acids is 3. The zero-order valence-corrected chi connectivity index (χ0v) is 17.1. The van der Waals surface area contributed by atoms with Crippen LogP contribution in [0.1, 0.15) is 0 Å². The van der Waals surface area contributed by atoms with E-state index < -0.39 is 29.8 Å². The van der Waals surface area contributed by atoms with Gasteiger partial charge in [-0.3, -0.25) is 19.4 Å². The molecule has 2 atom stereocenters. The Bertz CT molecular complexity index is 1080. The molecular formula is C19H15Cl2N5O4.